The van der Waals surface area contributed by atoms with Gasteiger partial charge in [0.2, 0.25) is 0 Å². The molecular weight excluding hydrogens is 266 g/mol. The number of hydrogen-bond acceptors (Lipinski definition) is 3. The van der Waals surface area contributed by atoms with Crippen LogP contribution in [0.5, 0.6) is 5.75 Å². The molecule has 0 aliphatic carbocycles. The summed E-state index contributed by atoms with van der Waals surface area (Å²) in [6.45, 7) is 4.76. The third-order valence-corrected chi connectivity index (χ3v) is 4.80. The Labute approximate surface area is 122 Å². The Hall–Kier alpha value is -2.00. The van der Waals surface area contributed by atoms with E-state index in [2.05, 4.69) is 31.2 Å². The molecule has 20 heavy (non-hydrogen) atoms. The van der Waals surface area contributed by atoms with Crippen LogP contribution >= 0.6 is 11.3 Å². The van der Waals surface area contributed by atoms with Crippen molar-refractivity contribution in [2.75, 3.05) is 5.73 Å². The molecule has 0 unspecified atom stereocenters. The molecule has 0 aliphatic rings. The molecule has 3 aromatic rings. The summed E-state index contributed by atoms with van der Waals surface area (Å²) >= 11 is 1.80. The molecular formula is C17H17NOS. The lowest BCUT2D eigenvalue weighted by Crippen LogP contribution is -1.96. The van der Waals surface area contributed by atoms with Crippen LogP contribution in [-0.2, 0) is 6.61 Å². The first-order chi connectivity index (χ1) is 9.65. The minimum atomic E-state index is 0.606. The Morgan fingerprint density at radius 3 is 2.65 bits per heavy atom. The van der Waals surface area contributed by atoms with Crippen LogP contribution < -0.4 is 10.5 Å². The summed E-state index contributed by atoms with van der Waals surface area (Å²) in [5.74, 6) is 0.869. The third-order valence-electron chi connectivity index (χ3n) is 3.55. The van der Waals surface area contributed by atoms with Crippen LogP contribution in [0.4, 0.5) is 5.69 Å². The molecule has 0 atom stereocenters. The fraction of sp³-hybridized carbons (Fsp3) is 0.176. The molecule has 0 spiro atoms. The Kier molecular flexibility index (Phi) is 3.36. The lowest BCUT2D eigenvalue weighted by Gasteiger charge is -2.07. The quantitative estimate of drug-likeness (QED) is 0.708. The smallest absolute Gasteiger partial charge is 0.123 e. The SMILES string of the molecule is Cc1cc(OCc2sc3ccccc3c2C)ccc1N. The lowest BCUT2D eigenvalue weighted by atomic mass is 10.1. The van der Waals surface area contributed by atoms with E-state index in [-0.39, 0.29) is 0 Å². The van der Waals surface area contributed by atoms with Crippen molar-refractivity contribution < 1.29 is 4.74 Å². The minimum Gasteiger partial charge on any atom is -0.488 e. The Balaban J connectivity index is 1.83. The van der Waals surface area contributed by atoms with E-state index in [1.54, 1.807) is 11.3 Å². The summed E-state index contributed by atoms with van der Waals surface area (Å²) in [5.41, 5.74) is 8.99. The van der Waals surface area contributed by atoms with Crippen LogP contribution in [0.1, 0.15) is 16.0 Å². The second kappa shape index (κ2) is 5.17. The van der Waals surface area contributed by atoms with Crippen molar-refractivity contribution >= 4 is 27.1 Å². The van der Waals surface area contributed by atoms with Gasteiger partial charge in [-0.1, -0.05) is 18.2 Å². The van der Waals surface area contributed by atoms with Crippen LogP contribution in [0, 0.1) is 13.8 Å². The van der Waals surface area contributed by atoms with E-state index in [1.165, 1.54) is 20.5 Å². The molecule has 1 heterocycles. The normalized spacial score (nSPS) is 10.9. The molecule has 0 saturated heterocycles. The maximum Gasteiger partial charge on any atom is 0.123 e. The number of rotatable bonds is 3. The van der Waals surface area contributed by atoms with E-state index >= 15 is 0 Å². The van der Waals surface area contributed by atoms with Gasteiger partial charge in [-0.2, -0.15) is 0 Å². The number of benzene rings is 2. The van der Waals surface area contributed by atoms with Crippen molar-refractivity contribution in [1.29, 1.82) is 0 Å². The van der Waals surface area contributed by atoms with Gasteiger partial charge in [0.05, 0.1) is 0 Å². The number of ether oxygens (including phenoxy) is 1. The number of nitrogens with two attached hydrogens (primary N) is 1. The number of anilines is 1. The van der Waals surface area contributed by atoms with E-state index in [0.29, 0.717) is 6.61 Å². The van der Waals surface area contributed by atoms with Crippen molar-refractivity contribution in [3.05, 3.63) is 58.5 Å². The fourth-order valence-corrected chi connectivity index (χ4v) is 3.37. The highest BCUT2D eigenvalue weighted by molar-refractivity contribution is 7.19. The number of fused-ring (bicyclic) bond motifs is 1. The predicted molar refractivity (Wildman–Crippen MR) is 86.5 cm³/mol. The molecule has 1 aromatic heterocycles. The van der Waals surface area contributed by atoms with Gasteiger partial charge in [0.15, 0.2) is 0 Å². The standard InChI is InChI=1S/C17H17NOS/c1-11-9-13(7-8-15(11)18)19-10-17-12(2)14-5-3-4-6-16(14)20-17/h3-9H,10,18H2,1-2H3. The molecule has 0 radical (unpaired) electrons. The van der Waals surface area contributed by atoms with Crippen LogP contribution in [0.3, 0.4) is 0 Å². The highest BCUT2D eigenvalue weighted by Crippen LogP contribution is 2.31. The van der Waals surface area contributed by atoms with Gasteiger partial charge >= 0.3 is 0 Å². The van der Waals surface area contributed by atoms with Gasteiger partial charge in [0.1, 0.15) is 12.4 Å². The number of hydrogen-bond donors (Lipinski definition) is 1. The fourth-order valence-electron chi connectivity index (χ4n) is 2.25. The van der Waals surface area contributed by atoms with Crippen molar-refractivity contribution in [3.63, 3.8) is 0 Å². The first-order valence-electron chi connectivity index (χ1n) is 6.61. The molecule has 0 amide bonds. The lowest BCUT2D eigenvalue weighted by molar-refractivity contribution is 0.309. The molecule has 0 bridgehead atoms. The van der Waals surface area contributed by atoms with E-state index in [4.69, 9.17) is 10.5 Å². The molecule has 0 saturated carbocycles. The Morgan fingerprint density at radius 2 is 1.90 bits per heavy atom. The Bertz CT molecular complexity index is 761. The van der Waals surface area contributed by atoms with Gasteiger partial charge < -0.3 is 10.5 Å². The predicted octanol–water partition coefficient (Wildman–Crippen LogP) is 4.68. The zero-order chi connectivity index (χ0) is 14.1. The molecule has 2 aromatic carbocycles. The number of nitrogen functional groups attached to an aromatic ring is 1. The highest BCUT2D eigenvalue weighted by atomic mass is 32.1. The van der Waals surface area contributed by atoms with Gasteiger partial charge in [-0.25, -0.2) is 0 Å². The van der Waals surface area contributed by atoms with Gasteiger partial charge in [0.25, 0.3) is 0 Å². The summed E-state index contributed by atoms with van der Waals surface area (Å²) in [6.07, 6.45) is 0. The van der Waals surface area contributed by atoms with Crippen LogP contribution in [0.25, 0.3) is 10.1 Å². The van der Waals surface area contributed by atoms with Crippen molar-refractivity contribution in [2.45, 2.75) is 20.5 Å². The largest absolute Gasteiger partial charge is 0.488 e. The number of thiophene rings is 1. The molecule has 2 N–H and O–H groups in total. The molecule has 2 nitrogen and oxygen atoms in total. The first-order valence-corrected chi connectivity index (χ1v) is 7.43. The molecule has 102 valence electrons. The zero-order valence-corrected chi connectivity index (χ0v) is 12.5. The summed E-state index contributed by atoms with van der Waals surface area (Å²) < 4.78 is 7.21. The van der Waals surface area contributed by atoms with E-state index in [0.717, 1.165) is 17.0 Å². The minimum absolute atomic E-state index is 0.606. The summed E-state index contributed by atoms with van der Waals surface area (Å²) in [6, 6.07) is 14.3. The molecule has 3 rings (SSSR count). The third kappa shape index (κ3) is 2.37. The Morgan fingerprint density at radius 1 is 1.10 bits per heavy atom. The molecule has 0 fully saturated rings. The van der Waals surface area contributed by atoms with Gasteiger partial charge in [-0.15, -0.1) is 11.3 Å². The van der Waals surface area contributed by atoms with Crippen LogP contribution in [0.2, 0.25) is 0 Å². The summed E-state index contributed by atoms with van der Waals surface area (Å²) in [7, 11) is 0. The van der Waals surface area contributed by atoms with Crippen molar-refractivity contribution in [3.8, 4) is 5.75 Å². The van der Waals surface area contributed by atoms with Crippen molar-refractivity contribution in [1.82, 2.24) is 0 Å². The first kappa shape index (κ1) is 13.0. The molecule has 0 aliphatic heterocycles. The second-order valence-corrected chi connectivity index (χ2v) is 6.09. The summed E-state index contributed by atoms with van der Waals surface area (Å²) in [5, 5.41) is 1.32. The highest BCUT2D eigenvalue weighted by Gasteiger charge is 2.08. The van der Waals surface area contributed by atoms with E-state index in [1.807, 2.05) is 25.1 Å². The van der Waals surface area contributed by atoms with Crippen LogP contribution in [0.15, 0.2) is 42.5 Å². The maximum absolute atomic E-state index is 5.89. The van der Waals surface area contributed by atoms with Gasteiger partial charge in [0, 0.05) is 15.3 Å². The zero-order valence-electron chi connectivity index (χ0n) is 11.6. The van der Waals surface area contributed by atoms with Gasteiger partial charge in [-0.05, 0) is 54.6 Å². The van der Waals surface area contributed by atoms with Crippen LogP contribution in [-0.4, -0.2) is 0 Å². The van der Waals surface area contributed by atoms with E-state index < -0.39 is 0 Å². The topological polar surface area (TPSA) is 35.2 Å². The monoisotopic (exact) mass is 283 g/mol. The van der Waals surface area contributed by atoms with E-state index in [9.17, 15) is 0 Å². The second-order valence-electron chi connectivity index (χ2n) is 4.95. The molecule has 3 heteroatoms. The van der Waals surface area contributed by atoms with Gasteiger partial charge in [-0.3, -0.25) is 0 Å². The average Bonchev–Trinajstić information content (AvgIpc) is 2.77. The average molecular weight is 283 g/mol. The number of aryl methyl sites for hydroxylation is 2. The maximum atomic E-state index is 5.89. The summed E-state index contributed by atoms with van der Waals surface area (Å²) in [4.78, 5) is 1.28. The van der Waals surface area contributed by atoms with Crippen molar-refractivity contribution in [2.24, 2.45) is 0 Å².